The molecule has 2 N–H and O–H groups in total. The molecule has 0 aliphatic rings. The van der Waals surface area contributed by atoms with E-state index in [1.54, 1.807) is 11.3 Å². The average Bonchev–Trinajstić information content (AvgIpc) is 2.87. The average molecular weight is 382 g/mol. The van der Waals surface area contributed by atoms with Crippen LogP contribution in [0.25, 0.3) is 10.4 Å². The van der Waals surface area contributed by atoms with Crippen LogP contribution in [0.15, 0.2) is 34.1 Å². The summed E-state index contributed by atoms with van der Waals surface area (Å²) in [7, 11) is 1.28. The van der Waals surface area contributed by atoms with Crippen molar-refractivity contribution in [1.82, 2.24) is 0 Å². The number of benzene rings is 1. The molecule has 2 aromatic rings. The number of hydrogen-bond acceptors (Lipinski definition) is 5. The van der Waals surface area contributed by atoms with Gasteiger partial charge in [0.2, 0.25) is 0 Å². The number of ketones is 1. The van der Waals surface area contributed by atoms with Gasteiger partial charge in [-0.3, -0.25) is 9.59 Å². The Labute approximate surface area is 141 Å². The summed E-state index contributed by atoms with van der Waals surface area (Å²) in [4.78, 5) is 23.9. The van der Waals surface area contributed by atoms with E-state index in [-0.39, 0.29) is 18.6 Å². The first-order chi connectivity index (χ1) is 10.5. The lowest BCUT2D eigenvalue weighted by atomic mass is 10.0. The summed E-state index contributed by atoms with van der Waals surface area (Å²) in [5, 5.41) is 1.89. The first kappa shape index (κ1) is 16.7. The molecule has 22 heavy (non-hydrogen) atoms. The summed E-state index contributed by atoms with van der Waals surface area (Å²) in [5.41, 5.74) is 8.74. The number of rotatable bonds is 6. The smallest absolute Gasteiger partial charge is 0.313 e. The molecule has 0 atom stereocenters. The molecule has 0 aliphatic heterocycles. The molecule has 116 valence electrons. The molecule has 1 aromatic carbocycles. The van der Waals surface area contributed by atoms with Gasteiger partial charge in [-0.05, 0) is 29.7 Å². The Bertz CT molecular complexity index is 679. The highest BCUT2D eigenvalue weighted by Crippen LogP contribution is 2.35. The number of nitrogens with two attached hydrogens (primary N) is 1. The lowest BCUT2D eigenvalue weighted by Gasteiger charge is -2.06. The molecule has 0 bridgehead atoms. The van der Waals surface area contributed by atoms with Gasteiger partial charge in [-0.2, -0.15) is 0 Å². The van der Waals surface area contributed by atoms with Crippen LogP contribution in [-0.4, -0.2) is 18.9 Å². The van der Waals surface area contributed by atoms with E-state index in [0.29, 0.717) is 12.1 Å². The molecule has 0 fully saturated rings. The van der Waals surface area contributed by atoms with Crippen LogP contribution < -0.4 is 5.73 Å². The Morgan fingerprint density at radius 2 is 1.95 bits per heavy atom. The number of nitrogen functional groups attached to an aromatic ring is 1. The summed E-state index contributed by atoms with van der Waals surface area (Å²) < 4.78 is 5.51. The van der Waals surface area contributed by atoms with Crippen LogP contribution in [-0.2, 0) is 20.7 Å². The van der Waals surface area contributed by atoms with E-state index in [1.807, 2.05) is 29.6 Å². The van der Waals surface area contributed by atoms with Crippen molar-refractivity contribution in [3.05, 3.63) is 39.7 Å². The van der Waals surface area contributed by atoms with Crippen molar-refractivity contribution in [3.63, 3.8) is 0 Å². The van der Waals surface area contributed by atoms with Crippen molar-refractivity contribution in [2.24, 2.45) is 0 Å². The Morgan fingerprint density at radius 1 is 1.27 bits per heavy atom. The number of esters is 1. The number of hydrogen-bond donors (Lipinski definition) is 1. The second-order valence-electron chi connectivity index (χ2n) is 4.80. The first-order valence-electron chi connectivity index (χ1n) is 6.71. The summed E-state index contributed by atoms with van der Waals surface area (Å²) in [6.07, 6.45) is 0.615. The molecule has 0 spiro atoms. The maximum absolute atomic E-state index is 11.8. The fourth-order valence-electron chi connectivity index (χ4n) is 2.08. The Kier molecular flexibility index (Phi) is 5.74. The van der Waals surface area contributed by atoms with Gasteiger partial charge in [-0.25, -0.2) is 0 Å². The molecule has 0 amide bonds. The van der Waals surface area contributed by atoms with Crippen LogP contribution in [0.5, 0.6) is 0 Å². The third kappa shape index (κ3) is 4.18. The second kappa shape index (κ2) is 7.56. The van der Waals surface area contributed by atoms with Gasteiger partial charge in [0.1, 0.15) is 12.2 Å². The van der Waals surface area contributed by atoms with E-state index >= 15 is 0 Å². The number of halogens is 1. The Morgan fingerprint density at radius 3 is 2.59 bits per heavy atom. The van der Waals surface area contributed by atoms with Crippen LogP contribution in [0.4, 0.5) is 5.69 Å². The molecule has 0 saturated carbocycles. The fourth-order valence-corrected chi connectivity index (χ4v) is 3.37. The normalized spacial score (nSPS) is 10.5. The summed E-state index contributed by atoms with van der Waals surface area (Å²) >= 11 is 4.97. The molecular weight excluding hydrogens is 366 g/mol. The van der Waals surface area contributed by atoms with Gasteiger partial charge >= 0.3 is 5.97 Å². The van der Waals surface area contributed by atoms with Crippen LogP contribution in [0, 0.1) is 0 Å². The summed E-state index contributed by atoms with van der Waals surface area (Å²) in [6.45, 7) is 0. The number of anilines is 1. The molecule has 6 heteroatoms. The van der Waals surface area contributed by atoms with Crippen molar-refractivity contribution < 1.29 is 14.3 Å². The summed E-state index contributed by atoms with van der Waals surface area (Å²) in [6, 6.07) is 7.96. The Hall–Kier alpha value is -1.66. The van der Waals surface area contributed by atoms with E-state index in [1.165, 1.54) is 7.11 Å². The number of carbonyl (C=O) groups excluding carboxylic acids is 2. The number of thiophene rings is 1. The van der Waals surface area contributed by atoms with E-state index in [4.69, 9.17) is 5.73 Å². The van der Waals surface area contributed by atoms with Crippen LogP contribution >= 0.6 is 27.3 Å². The minimum Gasteiger partial charge on any atom is -0.469 e. The third-order valence-corrected chi connectivity index (χ3v) is 4.87. The molecule has 0 unspecified atom stereocenters. The van der Waals surface area contributed by atoms with E-state index in [9.17, 15) is 9.59 Å². The first-order valence-corrected chi connectivity index (χ1v) is 8.39. The van der Waals surface area contributed by atoms with Crippen molar-refractivity contribution in [2.45, 2.75) is 19.3 Å². The zero-order chi connectivity index (χ0) is 16.1. The van der Waals surface area contributed by atoms with E-state index in [2.05, 4.69) is 20.7 Å². The van der Waals surface area contributed by atoms with E-state index in [0.717, 1.165) is 20.5 Å². The SMILES string of the molecule is COC(=O)CC(=O)CCc1c(N)csc1-c1ccc(Br)cc1. The van der Waals surface area contributed by atoms with Crippen LogP contribution in [0.2, 0.25) is 0 Å². The molecule has 2 rings (SSSR count). The van der Waals surface area contributed by atoms with Crippen LogP contribution in [0.3, 0.4) is 0 Å². The van der Waals surface area contributed by atoms with Crippen LogP contribution in [0.1, 0.15) is 18.4 Å². The topological polar surface area (TPSA) is 69.4 Å². The van der Waals surface area contributed by atoms with Crippen molar-refractivity contribution in [1.29, 1.82) is 0 Å². The van der Waals surface area contributed by atoms with E-state index < -0.39 is 5.97 Å². The van der Waals surface area contributed by atoms with Gasteiger partial charge in [-0.1, -0.05) is 28.1 Å². The maximum Gasteiger partial charge on any atom is 0.313 e. The maximum atomic E-state index is 11.8. The lowest BCUT2D eigenvalue weighted by Crippen LogP contribution is -2.10. The predicted octanol–water partition coefficient (Wildman–Crippen LogP) is 3.82. The second-order valence-corrected chi connectivity index (χ2v) is 6.59. The minimum atomic E-state index is -0.503. The molecule has 0 saturated heterocycles. The molecule has 1 aromatic heterocycles. The lowest BCUT2D eigenvalue weighted by molar-refractivity contribution is -0.143. The highest BCUT2D eigenvalue weighted by molar-refractivity contribution is 9.10. The Balaban J connectivity index is 2.11. The number of methoxy groups -OCH3 is 1. The predicted molar refractivity (Wildman–Crippen MR) is 91.8 cm³/mol. The monoisotopic (exact) mass is 381 g/mol. The highest BCUT2D eigenvalue weighted by atomic mass is 79.9. The molecular formula is C16H16BrNO3S. The van der Waals surface area contributed by atoms with Crippen molar-refractivity contribution in [2.75, 3.05) is 12.8 Å². The van der Waals surface area contributed by atoms with Crippen molar-refractivity contribution in [3.8, 4) is 10.4 Å². The molecule has 4 nitrogen and oxygen atoms in total. The number of Topliss-reactive ketones (excluding diaryl/α,β-unsaturated/α-hetero) is 1. The highest BCUT2D eigenvalue weighted by Gasteiger charge is 2.15. The van der Waals surface area contributed by atoms with Gasteiger partial charge in [0.05, 0.1) is 7.11 Å². The fraction of sp³-hybridized carbons (Fsp3) is 0.250. The summed E-state index contributed by atoms with van der Waals surface area (Å²) in [5.74, 6) is -0.643. The molecule has 0 radical (unpaired) electrons. The van der Waals surface area contributed by atoms with Gasteiger partial charge in [-0.15, -0.1) is 11.3 Å². The van der Waals surface area contributed by atoms with Gasteiger partial charge in [0.15, 0.2) is 0 Å². The largest absolute Gasteiger partial charge is 0.469 e. The molecule has 1 heterocycles. The quantitative estimate of drug-likeness (QED) is 0.609. The van der Waals surface area contributed by atoms with Gasteiger partial charge in [0, 0.05) is 26.8 Å². The number of ether oxygens (including phenoxy) is 1. The molecule has 0 aliphatic carbocycles. The zero-order valence-corrected chi connectivity index (χ0v) is 14.5. The third-order valence-electron chi connectivity index (χ3n) is 3.26. The zero-order valence-electron chi connectivity index (χ0n) is 12.1. The standard InChI is InChI=1S/C16H16BrNO3S/c1-21-15(20)8-12(19)6-7-13-14(18)9-22-16(13)10-2-4-11(17)5-3-10/h2-5,9H,6-8,18H2,1H3. The van der Waals surface area contributed by atoms with Gasteiger partial charge in [0.25, 0.3) is 0 Å². The number of carbonyl (C=O) groups is 2. The minimum absolute atomic E-state index is 0.140. The van der Waals surface area contributed by atoms with Gasteiger partial charge < -0.3 is 10.5 Å². The van der Waals surface area contributed by atoms with Crippen molar-refractivity contribution >= 4 is 44.7 Å².